The molecular formula is C14H21FN2O. The second-order valence-corrected chi connectivity index (χ2v) is 4.47. The molecule has 18 heavy (non-hydrogen) atoms. The molecule has 1 amide bonds. The molecule has 0 saturated heterocycles. The normalized spacial score (nSPS) is 12.2. The molecule has 0 saturated carbocycles. The summed E-state index contributed by atoms with van der Waals surface area (Å²) in [5.41, 5.74) is 6.44. The van der Waals surface area contributed by atoms with Gasteiger partial charge >= 0.3 is 0 Å². The number of nitrogens with one attached hydrogen (secondary N) is 1. The second-order valence-electron chi connectivity index (χ2n) is 4.47. The standard InChI is InChI=1S/C14H21FN2O/c1-3-5-6-10(4-2)14(18)17-13-9-11(15)7-8-12(13)16/h7-10H,3-6,16H2,1-2H3,(H,17,18). The number of carbonyl (C=O) groups is 1. The van der Waals surface area contributed by atoms with Crippen LogP contribution in [0.1, 0.15) is 39.5 Å². The van der Waals surface area contributed by atoms with Crippen LogP contribution < -0.4 is 11.1 Å². The molecule has 0 spiro atoms. The van der Waals surface area contributed by atoms with Crippen molar-refractivity contribution in [1.82, 2.24) is 0 Å². The number of amides is 1. The summed E-state index contributed by atoms with van der Waals surface area (Å²) >= 11 is 0. The van der Waals surface area contributed by atoms with Gasteiger partial charge in [0.2, 0.25) is 5.91 Å². The molecule has 0 aliphatic heterocycles. The van der Waals surface area contributed by atoms with E-state index in [-0.39, 0.29) is 11.8 Å². The van der Waals surface area contributed by atoms with Crippen molar-refractivity contribution in [1.29, 1.82) is 0 Å². The molecule has 1 aromatic rings. The number of halogens is 1. The molecule has 0 aliphatic carbocycles. The van der Waals surface area contributed by atoms with E-state index in [4.69, 9.17) is 5.73 Å². The minimum absolute atomic E-state index is 0.0346. The number of unbranched alkanes of at least 4 members (excludes halogenated alkanes) is 1. The van der Waals surface area contributed by atoms with E-state index >= 15 is 0 Å². The van der Waals surface area contributed by atoms with Crippen molar-refractivity contribution in [3.8, 4) is 0 Å². The summed E-state index contributed by atoms with van der Waals surface area (Å²) < 4.78 is 13.1. The fourth-order valence-corrected chi connectivity index (χ4v) is 1.84. The third kappa shape index (κ3) is 4.02. The number of rotatable bonds is 6. The van der Waals surface area contributed by atoms with Crippen LogP contribution in [0.2, 0.25) is 0 Å². The Morgan fingerprint density at radius 1 is 1.44 bits per heavy atom. The van der Waals surface area contributed by atoms with Crippen LogP contribution in [-0.4, -0.2) is 5.91 Å². The van der Waals surface area contributed by atoms with E-state index in [0.29, 0.717) is 11.4 Å². The van der Waals surface area contributed by atoms with E-state index in [1.54, 1.807) is 0 Å². The highest BCUT2D eigenvalue weighted by molar-refractivity contribution is 5.95. The number of nitrogens with two attached hydrogens (primary N) is 1. The van der Waals surface area contributed by atoms with Crippen molar-refractivity contribution in [2.45, 2.75) is 39.5 Å². The number of hydrogen-bond donors (Lipinski definition) is 2. The lowest BCUT2D eigenvalue weighted by Gasteiger charge is -2.15. The van der Waals surface area contributed by atoms with Crippen LogP contribution in [0.3, 0.4) is 0 Å². The predicted octanol–water partition coefficient (Wildman–Crippen LogP) is 3.56. The van der Waals surface area contributed by atoms with E-state index in [2.05, 4.69) is 12.2 Å². The highest BCUT2D eigenvalue weighted by Crippen LogP contribution is 2.22. The minimum atomic E-state index is -0.402. The molecule has 1 aromatic carbocycles. The molecule has 0 aliphatic rings. The van der Waals surface area contributed by atoms with Gasteiger partial charge < -0.3 is 11.1 Å². The summed E-state index contributed by atoms with van der Waals surface area (Å²) in [6.07, 6.45) is 3.71. The van der Waals surface area contributed by atoms with Gasteiger partial charge in [-0.05, 0) is 31.0 Å². The van der Waals surface area contributed by atoms with Gasteiger partial charge in [0.05, 0.1) is 11.4 Å². The molecule has 0 radical (unpaired) electrons. The molecule has 100 valence electrons. The fourth-order valence-electron chi connectivity index (χ4n) is 1.84. The zero-order valence-electron chi connectivity index (χ0n) is 11.0. The first kappa shape index (κ1) is 14.5. The van der Waals surface area contributed by atoms with Gasteiger partial charge in [0.25, 0.3) is 0 Å². The smallest absolute Gasteiger partial charge is 0.227 e. The Balaban J connectivity index is 2.70. The van der Waals surface area contributed by atoms with Crippen LogP contribution in [0.25, 0.3) is 0 Å². The van der Waals surface area contributed by atoms with Crippen molar-refractivity contribution in [2.24, 2.45) is 5.92 Å². The van der Waals surface area contributed by atoms with Crippen molar-refractivity contribution < 1.29 is 9.18 Å². The summed E-state index contributed by atoms with van der Waals surface area (Å²) in [7, 11) is 0. The van der Waals surface area contributed by atoms with E-state index in [0.717, 1.165) is 25.7 Å². The number of carbonyl (C=O) groups excluding carboxylic acids is 1. The minimum Gasteiger partial charge on any atom is -0.397 e. The fraction of sp³-hybridized carbons (Fsp3) is 0.500. The molecule has 1 atom stereocenters. The van der Waals surface area contributed by atoms with Crippen molar-refractivity contribution in [3.63, 3.8) is 0 Å². The van der Waals surface area contributed by atoms with Gasteiger partial charge in [-0.25, -0.2) is 4.39 Å². The third-order valence-corrected chi connectivity index (χ3v) is 3.04. The summed E-state index contributed by atoms with van der Waals surface area (Å²) in [5.74, 6) is -0.517. The van der Waals surface area contributed by atoms with Gasteiger partial charge in [0.15, 0.2) is 0 Å². The number of hydrogen-bond acceptors (Lipinski definition) is 2. The van der Waals surface area contributed by atoms with E-state index in [1.165, 1.54) is 18.2 Å². The topological polar surface area (TPSA) is 55.1 Å². The van der Waals surface area contributed by atoms with Gasteiger partial charge in [-0.3, -0.25) is 4.79 Å². The van der Waals surface area contributed by atoms with Crippen LogP contribution in [0.15, 0.2) is 18.2 Å². The van der Waals surface area contributed by atoms with Crippen LogP contribution in [0, 0.1) is 11.7 Å². The second kappa shape index (κ2) is 6.99. The Bertz CT molecular complexity index is 407. The maximum absolute atomic E-state index is 13.1. The molecule has 0 heterocycles. The van der Waals surface area contributed by atoms with E-state index < -0.39 is 5.82 Å². The summed E-state index contributed by atoms with van der Waals surface area (Å²) in [6, 6.07) is 3.98. The quantitative estimate of drug-likeness (QED) is 0.760. The first-order valence-electron chi connectivity index (χ1n) is 6.44. The van der Waals surface area contributed by atoms with Gasteiger partial charge in [0.1, 0.15) is 5.82 Å². The largest absolute Gasteiger partial charge is 0.397 e. The molecule has 4 heteroatoms. The Kier molecular flexibility index (Phi) is 5.62. The van der Waals surface area contributed by atoms with Crippen LogP contribution in [0.4, 0.5) is 15.8 Å². The average Bonchev–Trinajstić information content (AvgIpc) is 2.35. The van der Waals surface area contributed by atoms with E-state index in [9.17, 15) is 9.18 Å². The summed E-state index contributed by atoms with van der Waals surface area (Å²) in [6.45, 7) is 4.07. The summed E-state index contributed by atoms with van der Waals surface area (Å²) in [4.78, 5) is 12.0. The highest BCUT2D eigenvalue weighted by Gasteiger charge is 2.16. The molecule has 0 bridgehead atoms. The SMILES string of the molecule is CCCCC(CC)C(=O)Nc1cc(F)ccc1N. The molecule has 1 rings (SSSR count). The number of anilines is 2. The molecule has 0 aromatic heterocycles. The molecular weight excluding hydrogens is 231 g/mol. The lowest BCUT2D eigenvalue weighted by atomic mass is 9.98. The summed E-state index contributed by atoms with van der Waals surface area (Å²) in [5, 5.41) is 2.71. The Morgan fingerprint density at radius 2 is 2.17 bits per heavy atom. The van der Waals surface area contributed by atoms with Gasteiger partial charge in [-0.15, -0.1) is 0 Å². The Labute approximate surface area is 108 Å². The van der Waals surface area contributed by atoms with Crippen LogP contribution in [-0.2, 0) is 4.79 Å². The molecule has 1 unspecified atom stereocenters. The maximum Gasteiger partial charge on any atom is 0.227 e. The van der Waals surface area contributed by atoms with Crippen molar-refractivity contribution in [3.05, 3.63) is 24.0 Å². The van der Waals surface area contributed by atoms with Crippen LogP contribution in [0.5, 0.6) is 0 Å². The predicted molar refractivity (Wildman–Crippen MR) is 72.7 cm³/mol. The zero-order valence-corrected chi connectivity index (χ0v) is 11.0. The highest BCUT2D eigenvalue weighted by atomic mass is 19.1. The Morgan fingerprint density at radius 3 is 2.78 bits per heavy atom. The lowest BCUT2D eigenvalue weighted by molar-refractivity contribution is -0.120. The van der Waals surface area contributed by atoms with Gasteiger partial charge in [-0.2, -0.15) is 0 Å². The average molecular weight is 252 g/mol. The number of nitrogen functional groups attached to an aromatic ring is 1. The zero-order chi connectivity index (χ0) is 13.5. The molecule has 3 nitrogen and oxygen atoms in total. The van der Waals surface area contributed by atoms with Gasteiger partial charge in [-0.1, -0.05) is 26.7 Å². The van der Waals surface area contributed by atoms with E-state index in [1.807, 2.05) is 6.92 Å². The molecule has 3 N–H and O–H groups in total. The monoisotopic (exact) mass is 252 g/mol. The first-order chi connectivity index (χ1) is 8.58. The van der Waals surface area contributed by atoms with Gasteiger partial charge in [0, 0.05) is 5.92 Å². The first-order valence-corrected chi connectivity index (χ1v) is 6.44. The third-order valence-electron chi connectivity index (χ3n) is 3.04. The lowest BCUT2D eigenvalue weighted by Crippen LogP contribution is -2.23. The Hall–Kier alpha value is -1.58. The maximum atomic E-state index is 13.1. The molecule has 0 fully saturated rings. The van der Waals surface area contributed by atoms with Crippen LogP contribution >= 0.6 is 0 Å². The van der Waals surface area contributed by atoms with Crippen molar-refractivity contribution in [2.75, 3.05) is 11.1 Å². The van der Waals surface area contributed by atoms with Crippen molar-refractivity contribution >= 4 is 17.3 Å². The number of benzene rings is 1.